The maximum absolute atomic E-state index is 12.6. The van der Waals surface area contributed by atoms with Crippen LogP contribution in [0.15, 0.2) is 42.6 Å². The van der Waals surface area contributed by atoms with Crippen LogP contribution < -0.4 is 21.5 Å². The summed E-state index contributed by atoms with van der Waals surface area (Å²) in [6.07, 6.45) is 4.84. The highest BCUT2D eigenvalue weighted by Crippen LogP contribution is 2.47. The summed E-state index contributed by atoms with van der Waals surface area (Å²) in [5.74, 6) is 1.03. The van der Waals surface area contributed by atoms with Gasteiger partial charge in [0.2, 0.25) is 17.7 Å². The van der Waals surface area contributed by atoms with E-state index < -0.39 is 5.91 Å². The Hall–Kier alpha value is -2.93. The second kappa shape index (κ2) is 7.00. The minimum absolute atomic E-state index is 0.0284. The maximum Gasteiger partial charge on any atom is 0.248 e. The molecule has 27 heavy (non-hydrogen) atoms. The molecule has 2 bridgehead atoms. The predicted molar refractivity (Wildman–Crippen MR) is 100 cm³/mol. The summed E-state index contributed by atoms with van der Waals surface area (Å²) < 4.78 is 5.63. The van der Waals surface area contributed by atoms with Gasteiger partial charge >= 0.3 is 0 Å². The Morgan fingerprint density at radius 3 is 2.63 bits per heavy atom. The number of anilines is 1. The molecule has 0 aliphatic heterocycles. The third kappa shape index (κ3) is 3.50. The summed E-state index contributed by atoms with van der Waals surface area (Å²) in [6, 6.07) is 9.90. The molecule has 140 valence electrons. The van der Waals surface area contributed by atoms with Crippen molar-refractivity contribution in [3.63, 3.8) is 0 Å². The Morgan fingerprint density at radius 2 is 1.96 bits per heavy atom. The number of hydrogen-bond acceptors (Lipinski definition) is 5. The van der Waals surface area contributed by atoms with Gasteiger partial charge in [-0.25, -0.2) is 4.98 Å². The lowest BCUT2D eigenvalue weighted by atomic mass is 9.84. The van der Waals surface area contributed by atoms with Crippen LogP contribution in [0.2, 0.25) is 0 Å². The van der Waals surface area contributed by atoms with Crippen molar-refractivity contribution >= 4 is 17.5 Å². The number of benzene rings is 1. The summed E-state index contributed by atoms with van der Waals surface area (Å²) in [7, 11) is 0. The molecule has 4 rings (SSSR count). The van der Waals surface area contributed by atoms with E-state index in [1.54, 1.807) is 42.6 Å². The largest absolute Gasteiger partial charge is 0.439 e. The lowest BCUT2D eigenvalue weighted by Crippen LogP contribution is -2.42. The van der Waals surface area contributed by atoms with Crippen LogP contribution in [0.3, 0.4) is 0 Å². The van der Waals surface area contributed by atoms with Crippen molar-refractivity contribution < 1.29 is 14.3 Å². The molecule has 2 aliphatic carbocycles. The van der Waals surface area contributed by atoms with Gasteiger partial charge in [0.15, 0.2) is 0 Å². The molecular formula is C20H22N4O3. The Kier molecular flexibility index (Phi) is 4.53. The molecule has 2 saturated carbocycles. The normalized spacial score (nSPS) is 26.0. The SMILES string of the molecule is NC(=O)c1cccc(Oc2ccc(NC(=O)C3C4CCC(C4)C3N)cn2)c1. The van der Waals surface area contributed by atoms with Crippen molar-refractivity contribution in [2.24, 2.45) is 29.2 Å². The number of fused-ring (bicyclic) bond motifs is 2. The lowest BCUT2D eigenvalue weighted by Gasteiger charge is -2.26. The monoisotopic (exact) mass is 366 g/mol. The highest BCUT2D eigenvalue weighted by Gasteiger charge is 2.49. The molecule has 0 radical (unpaired) electrons. The number of hydrogen-bond donors (Lipinski definition) is 3. The number of rotatable bonds is 5. The zero-order valence-corrected chi connectivity index (χ0v) is 14.8. The molecule has 1 aromatic carbocycles. The van der Waals surface area contributed by atoms with E-state index in [0.29, 0.717) is 34.7 Å². The van der Waals surface area contributed by atoms with E-state index >= 15 is 0 Å². The molecule has 1 aromatic heterocycles. The quantitative estimate of drug-likeness (QED) is 0.750. The molecule has 4 unspecified atom stereocenters. The number of nitrogens with zero attached hydrogens (tertiary/aromatic N) is 1. The number of nitrogens with one attached hydrogen (secondary N) is 1. The van der Waals surface area contributed by atoms with Gasteiger partial charge in [-0.1, -0.05) is 6.07 Å². The standard InChI is InChI=1S/C20H22N4O3/c21-18-12-5-4-11(8-12)17(18)20(26)24-14-6-7-16(23-10-14)27-15-3-1-2-13(9-15)19(22)25/h1-3,6-7,9-12,17-18H,4-5,8,21H2,(H2,22,25)(H,24,26). The fourth-order valence-corrected chi connectivity index (χ4v) is 4.30. The van der Waals surface area contributed by atoms with Crippen LogP contribution in [0.5, 0.6) is 11.6 Å². The lowest BCUT2D eigenvalue weighted by molar-refractivity contribution is -0.121. The zero-order valence-electron chi connectivity index (χ0n) is 14.8. The number of carbonyl (C=O) groups excluding carboxylic acids is 2. The number of nitrogens with two attached hydrogens (primary N) is 2. The van der Waals surface area contributed by atoms with Gasteiger partial charge in [-0.15, -0.1) is 0 Å². The molecule has 1 heterocycles. The van der Waals surface area contributed by atoms with Crippen LogP contribution in [0.4, 0.5) is 5.69 Å². The fraction of sp³-hybridized carbons (Fsp3) is 0.350. The highest BCUT2D eigenvalue weighted by molar-refractivity contribution is 5.94. The van der Waals surface area contributed by atoms with E-state index in [9.17, 15) is 9.59 Å². The van der Waals surface area contributed by atoms with Crippen LogP contribution in [0.25, 0.3) is 0 Å². The molecule has 2 aromatic rings. The third-order valence-corrected chi connectivity index (χ3v) is 5.63. The Labute approximate surface area is 157 Å². The first-order valence-corrected chi connectivity index (χ1v) is 9.11. The van der Waals surface area contributed by atoms with E-state index in [2.05, 4.69) is 10.3 Å². The van der Waals surface area contributed by atoms with Crippen LogP contribution in [-0.4, -0.2) is 22.8 Å². The average Bonchev–Trinajstić information content (AvgIpc) is 3.24. The number of ether oxygens (including phenoxy) is 1. The first-order chi connectivity index (χ1) is 13.0. The predicted octanol–water partition coefficient (Wildman–Crippen LogP) is 2.28. The van der Waals surface area contributed by atoms with Gasteiger partial charge in [-0.05, 0) is 55.4 Å². The highest BCUT2D eigenvalue weighted by atomic mass is 16.5. The van der Waals surface area contributed by atoms with Crippen LogP contribution in [0, 0.1) is 17.8 Å². The maximum atomic E-state index is 12.6. The van der Waals surface area contributed by atoms with Crippen molar-refractivity contribution in [3.8, 4) is 11.6 Å². The topological polar surface area (TPSA) is 120 Å². The van der Waals surface area contributed by atoms with Gasteiger partial charge in [-0.2, -0.15) is 0 Å². The minimum atomic E-state index is -0.523. The van der Waals surface area contributed by atoms with E-state index in [1.807, 2.05) is 0 Å². The second-order valence-electron chi connectivity index (χ2n) is 7.30. The molecular weight excluding hydrogens is 344 g/mol. The number of primary amides is 1. The first-order valence-electron chi connectivity index (χ1n) is 9.11. The second-order valence-corrected chi connectivity index (χ2v) is 7.30. The van der Waals surface area contributed by atoms with Gasteiger partial charge in [-0.3, -0.25) is 9.59 Å². The van der Waals surface area contributed by atoms with Crippen LogP contribution >= 0.6 is 0 Å². The van der Waals surface area contributed by atoms with E-state index in [0.717, 1.165) is 19.3 Å². The van der Waals surface area contributed by atoms with Gasteiger partial charge in [0.25, 0.3) is 0 Å². The van der Waals surface area contributed by atoms with Gasteiger partial charge < -0.3 is 21.5 Å². The van der Waals surface area contributed by atoms with Gasteiger partial charge in [0.05, 0.1) is 17.8 Å². The summed E-state index contributed by atoms with van der Waals surface area (Å²) in [6.45, 7) is 0. The van der Waals surface area contributed by atoms with E-state index in [1.165, 1.54) is 0 Å². The molecule has 0 saturated heterocycles. The van der Waals surface area contributed by atoms with Crippen molar-refractivity contribution in [1.29, 1.82) is 0 Å². The summed E-state index contributed by atoms with van der Waals surface area (Å²) in [5, 5.41) is 2.92. The molecule has 5 N–H and O–H groups in total. The molecule has 0 spiro atoms. The van der Waals surface area contributed by atoms with Crippen LogP contribution in [-0.2, 0) is 4.79 Å². The summed E-state index contributed by atoms with van der Waals surface area (Å²) in [4.78, 5) is 28.0. The molecule has 7 nitrogen and oxygen atoms in total. The summed E-state index contributed by atoms with van der Waals surface area (Å²) in [5.41, 5.74) is 12.5. The van der Waals surface area contributed by atoms with E-state index in [-0.39, 0.29) is 17.9 Å². The smallest absolute Gasteiger partial charge is 0.248 e. The van der Waals surface area contributed by atoms with Crippen molar-refractivity contribution in [1.82, 2.24) is 4.98 Å². The number of aromatic nitrogens is 1. The molecule has 7 heteroatoms. The van der Waals surface area contributed by atoms with Gasteiger partial charge in [0, 0.05) is 17.7 Å². The molecule has 2 fully saturated rings. The van der Waals surface area contributed by atoms with Crippen molar-refractivity contribution in [2.75, 3.05) is 5.32 Å². The Balaban J connectivity index is 1.40. The van der Waals surface area contributed by atoms with Crippen molar-refractivity contribution in [3.05, 3.63) is 48.2 Å². The third-order valence-electron chi connectivity index (χ3n) is 5.63. The average molecular weight is 366 g/mol. The number of amides is 2. The number of pyridine rings is 1. The van der Waals surface area contributed by atoms with E-state index in [4.69, 9.17) is 16.2 Å². The summed E-state index contributed by atoms with van der Waals surface area (Å²) >= 11 is 0. The molecule has 2 amide bonds. The molecule has 4 atom stereocenters. The van der Waals surface area contributed by atoms with Gasteiger partial charge in [0.1, 0.15) is 5.75 Å². The van der Waals surface area contributed by atoms with Crippen molar-refractivity contribution in [2.45, 2.75) is 25.3 Å². The zero-order chi connectivity index (χ0) is 19.0. The Bertz CT molecular complexity index is 866. The fourth-order valence-electron chi connectivity index (χ4n) is 4.30. The minimum Gasteiger partial charge on any atom is -0.439 e. The number of carbonyl (C=O) groups is 2. The molecule has 2 aliphatic rings. The first kappa shape index (κ1) is 17.5. The van der Waals surface area contributed by atoms with Crippen LogP contribution in [0.1, 0.15) is 29.6 Å². The Morgan fingerprint density at radius 1 is 1.15 bits per heavy atom.